The lowest BCUT2D eigenvalue weighted by Gasteiger charge is -2.22. The topological polar surface area (TPSA) is 12.5 Å². The van der Waals surface area contributed by atoms with Gasteiger partial charge in [0.25, 0.3) is 0 Å². The fourth-order valence-corrected chi connectivity index (χ4v) is 0.812. The molecule has 0 amide bonds. The monoisotopic (exact) mass is 137 g/mol. The van der Waals surface area contributed by atoms with Gasteiger partial charge in [-0.15, -0.1) is 0 Å². The zero-order valence-corrected chi connectivity index (χ0v) is 5.97. The van der Waals surface area contributed by atoms with Crippen LogP contribution in [0.4, 0.5) is 0 Å². The molecule has 0 atom stereocenters. The minimum Gasteiger partial charge on any atom is -0.378 e. The Bertz CT molecular complexity index is 160. The first-order chi connectivity index (χ1) is 4.93. The van der Waals surface area contributed by atoms with Crippen molar-refractivity contribution >= 4 is 0 Å². The van der Waals surface area contributed by atoms with Gasteiger partial charge in [-0.1, -0.05) is 12.5 Å². The van der Waals surface area contributed by atoms with Crippen LogP contribution in [0.15, 0.2) is 12.7 Å². The van der Waals surface area contributed by atoms with Crippen molar-refractivity contribution in [2.24, 2.45) is 0 Å². The van der Waals surface area contributed by atoms with Gasteiger partial charge in [0.15, 0.2) is 0 Å². The predicted octanol–water partition coefficient (Wildman–Crippen LogP) is 0.465. The maximum Gasteiger partial charge on any atom is 0.0649 e. The minimum absolute atomic E-state index is 0.797. The van der Waals surface area contributed by atoms with E-state index in [1.165, 1.54) is 0 Å². The zero-order valence-electron chi connectivity index (χ0n) is 5.97. The Balaban J connectivity index is 2.32. The van der Waals surface area contributed by atoms with Crippen molar-refractivity contribution in [3.05, 3.63) is 12.7 Å². The van der Waals surface area contributed by atoms with E-state index < -0.39 is 0 Å². The second kappa shape index (κ2) is 3.97. The highest BCUT2D eigenvalue weighted by atomic mass is 16.5. The van der Waals surface area contributed by atoms with Gasteiger partial charge in [-0.25, -0.2) is 0 Å². The smallest absolute Gasteiger partial charge is 0.0649 e. The molecule has 0 unspecified atom stereocenters. The van der Waals surface area contributed by atoms with Gasteiger partial charge in [-0.2, -0.15) is 0 Å². The maximum absolute atomic E-state index is 5.14. The molecular formula is C8H11NO. The second-order valence-corrected chi connectivity index (χ2v) is 2.06. The molecule has 0 bridgehead atoms. The fraction of sp³-hybridized carbons (Fsp3) is 0.500. The molecule has 0 saturated carbocycles. The molecule has 0 aromatic carbocycles. The van der Waals surface area contributed by atoms with E-state index >= 15 is 0 Å². The summed E-state index contributed by atoms with van der Waals surface area (Å²) >= 11 is 0. The lowest BCUT2D eigenvalue weighted by atomic mass is 10.4. The second-order valence-electron chi connectivity index (χ2n) is 2.06. The number of rotatable bonds is 0. The highest BCUT2D eigenvalue weighted by Gasteiger charge is 2.04. The first-order valence-corrected chi connectivity index (χ1v) is 3.38. The van der Waals surface area contributed by atoms with Gasteiger partial charge in [0, 0.05) is 19.1 Å². The van der Waals surface area contributed by atoms with Gasteiger partial charge >= 0.3 is 0 Å². The van der Waals surface area contributed by atoms with Crippen molar-refractivity contribution in [3.63, 3.8) is 0 Å². The summed E-state index contributed by atoms with van der Waals surface area (Å²) in [5.74, 6) is 2.80. The third-order valence-corrected chi connectivity index (χ3v) is 1.34. The van der Waals surface area contributed by atoms with E-state index in [0.717, 1.165) is 26.3 Å². The number of morpholine rings is 1. The molecule has 0 aromatic heterocycles. The van der Waals surface area contributed by atoms with E-state index in [-0.39, 0.29) is 0 Å². The Labute approximate surface area is 61.5 Å². The molecule has 0 N–H and O–H groups in total. The number of allylic oxidation sites excluding steroid dienone is 1. The van der Waals surface area contributed by atoms with E-state index in [9.17, 15) is 0 Å². The van der Waals surface area contributed by atoms with Crippen molar-refractivity contribution in [1.29, 1.82) is 0 Å². The summed E-state index contributed by atoms with van der Waals surface area (Å²) in [7, 11) is 0. The summed E-state index contributed by atoms with van der Waals surface area (Å²) in [4.78, 5) is 2.05. The Kier molecular flexibility index (Phi) is 2.85. The number of hydrogen-bond donors (Lipinski definition) is 0. The van der Waals surface area contributed by atoms with Gasteiger partial charge in [0.2, 0.25) is 0 Å². The molecule has 0 aromatic rings. The maximum atomic E-state index is 5.14. The van der Waals surface area contributed by atoms with Crippen molar-refractivity contribution < 1.29 is 4.74 Å². The molecule has 1 aliphatic rings. The summed E-state index contributed by atoms with van der Waals surface area (Å²) < 4.78 is 5.14. The molecule has 2 heteroatoms. The minimum atomic E-state index is 0.797. The van der Waals surface area contributed by atoms with Crippen LogP contribution in [0.2, 0.25) is 0 Å². The van der Waals surface area contributed by atoms with Crippen LogP contribution in [0.3, 0.4) is 0 Å². The van der Waals surface area contributed by atoms with Crippen molar-refractivity contribution in [2.45, 2.75) is 0 Å². The van der Waals surface area contributed by atoms with E-state index in [4.69, 9.17) is 4.74 Å². The van der Waals surface area contributed by atoms with Crippen LogP contribution < -0.4 is 0 Å². The summed E-state index contributed by atoms with van der Waals surface area (Å²) in [5.41, 5.74) is 0. The highest BCUT2D eigenvalue weighted by molar-refractivity contribution is 5.11. The molecule has 1 aliphatic heterocycles. The summed E-state index contributed by atoms with van der Waals surface area (Å²) in [6, 6.07) is 2.96. The van der Waals surface area contributed by atoms with Gasteiger partial charge < -0.3 is 9.64 Å². The largest absolute Gasteiger partial charge is 0.378 e. The SMILES string of the molecule is C=CC#CN1CCOCC1. The van der Waals surface area contributed by atoms with E-state index in [1.807, 2.05) is 4.90 Å². The molecule has 1 fully saturated rings. The molecule has 10 heavy (non-hydrogen) atoms. The Hall–Kier alpha value is -0.940. The van der Waals surface area contributed by atoms with Gasteiger partial charge in [-0.05, 0) is 6.08 Å². The van der Waals surface area contributed by atoms with Gasteiger partial charge in [-0.3, -0.25) is 0 Å². The molecule has 54 valence electrons. The average Bonchev–Trinajstić information content (AvgIpc) is 2.03. The molecule has 0 aliphatic carbocycles. The van der Waals surface area contributed by atoms with Crippen LogP contribution in [0, 0.1) is 12.0 Å². The van der Waals surface area contributed by atoms with E-state index in [0.29, 0.717) is 0 Å². The van der Waals surface area contributed by atoms with Crippen molar-refractivity contribution in [1.82, 2.24) is 4.90 Å². The Morgan fingerprint density at radius 3 is 2.70 bits per heavy atom. The van der Waals surface area contributed by atoms with Crippen LogP contribution in [-0.2, 0) is 4.74 Å². The van der Waals surface area contributed by atoms with Crippen LogP contribution in [0.5, 0.6) is 0 Å². The quantitative estimate of drug-likeness (QED) is 0.450. The molecule has 0 spiro atoms. The van der Waals surface area contributed by atoms with Crippen LogP contribution in [0.25, 0.3) is 0 Å². The number of hydrogen-bond acceptors (Lipinski definition) is 2. The van der Waals surface area contributed by atoms with Gasteiger partial charge in [0.05, 0.1) is 13.2 Å². The van der Waals surface area contributed by atoms with E-state index in [1.54, 1.807) is 6.08 Å². The number of nitrogens with zero attached hydrogens (tertiary/aromatic N) is 1. The zero-order chi connectivity index (χ0) is 7.23. The van der Waals surface area contributed by atoms with Gasteiger partial charge in [0.1, 0.15) is 0 Å². The first kappa shape index (κ1) is 7.17. The number of ether oxygens (including phenoxy) is 1. The fourth-order valence-electron chi connectivity index (χ4n) is 0.812. The standard InChI is InChI=1S/C8H11NO/c1-2-3-4-9-5-7-10-8-6-9/h2H,1,5-8H2. The molecule has 2 nitrogen and oxygen atoms in total. The highest BCUT2D eigenvalue weighted by Crippen LogP contribution is 1.92. The first-order valence-electron chi connectivity index (χ1n) is 3.38. The Morgan fingerprint density at radius 2 is 2.10 bits per heavy atom. The lowest BCUT2D eigenvalue weighted by Crippen LogP contribution is -2.32. The predicted molar refractivity (Wildman–Crippen MR) is 40.4 cm³/mol. The van der Waals surface area contributed by atoms with Crippen LogP contribution >= 0.6 is 0 Å². The molecule has 0 radical (unpaired) electrons. The summed E-state index contributed by atoms with van der Waals surface area (Å²) in [6.07, 6.45) is 1.61. The van der Waals surface area contributed by atoms with Crippen molar-refractivity contribution in [2.75, 3.05) is 26.3 Å². The normalized spacial score (nSPS) is 17.4. The molecule has 1 saturated heterocycles. The van der Waals surface area contributed by atoms with Crippen molar-refractivity contribution in [3.8, 4) is 12.0 Å². The van der Waals surface area contributed by atoms with Crippen LogP contribution in [0.1, 0.15) is 0 Å². The summed E-state index contributed by atoms with van der Waals surface area (Å²) in [5, 5.41) is 0. The summed E-state index contributed by atoms with van der Waals surface area (Å²) in [6.45, 7) is 6.94. The third kappa shape index (κ3) is 2.12. The lowest BCUT2D eigenvalue weighted by molar-refractivity contribution is 0.0638. The van der Waals surface area contributed by atoms with E-state index in [2.05, 4.69) is 18.5 Å². The molecule has 1 rings (SSSR count). The average molecular weight is 137 g/mol. The van der Waals surface area contributed by atoms with Crippen LogP contribution in [-0.4, -0.2) is 31.2 Å². The third-order valence-electron chi connectivity index (χ3n) is 1.34. The molecular weight excluding hydrogens is 126 g/mol. The Morgan fingerprint density at radius 1 is 1.40 bits per heavy atom. The molecule has 1 heterocycles.